The van der Waals surface area contributed by atoms with E-state index < -0.39 is 5.97 Å². The molecule has 0 aliphatic carbocycles. The van der Waals surface area contributed by atoms with E-state index >= 15 is 0 Å². The molecule has 20 heavy (non-hydrogen) atoms. The Morgan fingerprint density at radius 3 is 2.35 bits per heavy atom. The summed E-state index contributed by atoms with van der Waals surface area (Å²) in [5.41, 5.74) is 0.0271. The lowest BCUT2D eigenvalue weighted by atomic mass is 10.2. The molecule has 0 aliphatic heterocycles. The Morgan fingerprint density at radius 2 is 1.80 bits per heavy atom. The second-order valence-corrected chi connectivity index (χ2v) is 3.97. The van der Waals surface area contributed by atoms with Crippen molar-refractivity contribution < 1.29 is 19.4 Å². The maximum absolute atomic E-state index is 11.9. The summed E-state index contributed by atoms with van der Waals surface area (Å²) in [6, 6.07) is 6.19. The van der Waals surface area contributed by atoms with Gasteiger partial charge in [0.1, 0.15) is 11.3 Å². The lowest BCUT2D eigenvalue weighted by molar-refractivity contribution is -0.132. The number of benzene rings is 1. The minimum Gasteiger partial charge on any atom is -0.483 e. The van der Waals surface area contributed by atoms with Crippen LogP contribution in [-0.4, -0.2) is 41.6 Å². The van der Waals surface area contributed by atoms with Gasteiger partial charge in [0.25, 0.3) is 5.91 Å². The molecular weight excluding hydrogens is 258 g/mol. The van der Waals surface area contributed by atoms with Crippen LogP contribution in [0.5, 0.6) is 5.75 Å². The molecule has 0 saturated carbocycles. The number of carbonyl (C=O) groups is 2. The van der Waals surface area contributed by atoms with Gasteiger partial charge in [-0.15, -0.1) is 13.2 Å². The number of para-hydroxylation sites is 1. The quantitative estimate of drug-likeness (QED) is 0.736. The van der Waals surface area contributed by atoms with Gasteiger partial charge in [-0.2, -0.15) is 0 Å². The summed E-state index contributed by atoms with van der Waals surface area (Å²) in [6.07, 6.45) is 3.21. The number of hydrogen-bond acceptors (Lipinski definition) is 3. The van der Waals surface area contributed by atoms with E-state index in [0.717, 1.165) is 0 Å². The van der Waals surface area contributed by atoms with Crippen molar-refractivity contribution in [2.45, 2.75) is 0 Å². The van der Waals surface area contributed by atoms with E-state index in [1.165, 1.54) is 17.0 Å². The number of hydrogen-bond donors (Lipinski definition) is 1. The van der Waals surface area contributed by atoms with Crippen molar-refractivity contribution in [2.24, 2.45) is 0 Å². The summed E-state index contributed by atoms with van der Waals surface area (Å²) in [7, 11) is 0. The highest BCUT2D eigenvalue weighted by molar-refractivity contribution is 5.91. The lowest BCUT2D eigenvalue weighted by Gasteiger charge is -2.19. The molecule has 0 spiro atoms. The Hall–Kier alpha value is -2.56. The van der Waals surface area contributed by atoms with Crippen LogP contribution >= 0.6 is 0 Å². The van der Waals surface area contributed by atoms with Gasteiger partial charge in [0.05, 0.1) is 0 Å². The van der Waals surface area contributed by atoms with Crippen molar-refractivity contribution in [3.05, 3.63) is 55.1 Å². The molecule has 1 aromatic carbocycles. The smallest absolute Gasteiger partial charge is 0.339 e. The second-order valence-electron chi connectivity index (χ2n) is 3.97. The van der Waals surface area contributed by atoms with Crippen LogP contribution in [-0.2, 0) is 4.79 Å². The lowest BCUT2D eigenvalue weighted by Crippen LogP contribution is -2.35. The first-order valence-electron chi connectivity index (χ1n) is 6.04. The Balaban J connectivity index is 2.71. The summed E-state index contributed by atoms with van der Waals surface area (Å²) < 4.78 is 5.29. The number of amides is 1. The fourth-order valence-corrected chi connectivity index (χ4v) is 1.59. The summed E-state index contributed by atoms with van der Waals surface area (Å²) in [4.78, 5) is 24.4. The molecule has 0 atom stereocenters. The van der Waals surface area contributed by atoms with Gasteiger partial charge in [-0.05, 0) is 12.1 Å². The van der Waals surface area contributed by atoms with Gasteiger partial charge in [0, 0.05) is 13.1 Å². The highest BCUT2D eigenvalue weighted by atomic mass is 16.5. The fourth-order valence-electron chi connectivity index (χ4n) is 1.59. The largest absolute Gasteiger partial charge is 0.483 e. The molecule has 1 aromatic rings. The fraction of sp³-hybridized carbons (Fsp3) is 0.200. The first kappa shape index (κ1) is 15.5. The molecule has 0 saturated heterocycles. The van der Waals surface area contributed by atoms with Crippen molar-refractivity contribution in [1.82, 2.24) is 4.90 Å². The molecule has 5 heteroatoms. The van der Waals surface area contributed by atoms with Crippen molar-refractivity contribution in [2.75, 3.05) is 19.7 Å². The van der Waals surface area contributed by atoms with Crippen molar-refractivity contribution >= 4 is 11.9 Å². The molecular formula is C15H17NO4. The van der Waals surface area contributed by atoms with E-state index in [0.29, 0.717) is 13.1 Å². The van der Waals surface area contributed by atoms with Crippen molar-refractivity contribution in [3.63, 3.8) is 0 Å². The van der Waals surface area contributed by atoms with E-state index in [4.69, 9.17) is 9.84 Å². The molecule has 0 radical (unpaired) electrons. The maximum atomic E-state index is 11.9. The number of rotatable bonds is 8. The van der Waals surface area contributed by atoms with Crippen LogP contribution in [0.1, 0.15) is 10.4 Å². The first-order valence-corrected chi connectivity index (χ1v) is 6.04. The van der Waals surface area contributed by atoms with Crippen LogP contribution in [0.3, 0.4) is 0 Å². The molecule has 106 valence electrons. The zero-order valence-electron chi connectivity index (χ0n) is 11.1. The summed E-state index contributed by atoms with van der Waals surface area (Å²) >= 11 is 0. The van der Waals surface area contributed by atoms with Gasteiger partial charge in [-0.1, -0.05) is 24.3 Å². The Labute approximate surface area is 117 Å². The van der Waals surface area contributed by atoms with Crippen LogP contribution in [0.4, 0.5) is 0 Å². The SMILES string of the molecule is C=CCN(CC=C)C(=O)COc1ccccc1C(=O)O. The summed E-state index contributed by atoms with van der Waals surface area (Å²) in [6.45, 7) is 7.69. The van der Waals surface area contributed by atoms with E-state index in [-0.39, 0.29) is 23.8 Å². The summed E-state index contributed by atoms with van der Waals surface area (Å²) in [5, 5.41) is 9.01. The van der Waals surface area contributed by atoms with Crippen LogP contribution in [0.2, 0.25) is 0 Å². The third-order valence-corrected chi connectivity index (χ3v) is 2.52. The number of carboxylic acids is 1. The second kappa shape index (κ2) is 7.78. The summed E-state index contributed by atoms with van der Waals surface area (Å²) in [5.74, 6) is -1.18. The molecule has 0 bridgehead atoms. The highest BCUT2D eigenvalue weighted by Crippen LogP contribution is 2.17. The molecule has 0 unspecified atom stereocenters. The van der Waals surface area contributed by atoms with Crippen molar-refractivity contribution in [3.8, 4) is 5.75 Å². The molecule has 1 N–H and O–H groups in total. The van der Waals surface area contributed by atoms with Gasteiger partial charge in [-0.3, -0.25) is 4.79 Å². The third-order valence-electron chi connectivity index (χ3n) is 2.52. The maximum Gasteiger partial charge on any atom is 0.339 e. The Bertz CT molecular complexity index is 500. The molecule has 5 nitrogen and oxygen atoms in total. The van der Waals surface area contributed by atoms with E-state index in [9.17, 15) is 9.59 Å². The Morgan fingerprint density at radius 1 is 1.20 bits per heavy atom. The molecule has 1 rings (SSSR count). The normalized spacial score (nSPS) is 9.60. The molecule has 0 fully saturated rings. The molecule has 0 aliphatic rings. The van der Waals surface area contributed by atoms with Crippen LogP contribution in [0, 0.1) is 0 Å². The van der Waals surface area contributed by atoms with E-state index in [2.05, 4.69) is 13.2 Å². The standard InChI is InChI=1S/C15H17NO4/c1-3-9-16(10-4-2)14(17)11-20-13-8-6-5-7-12(13)15(18)19/h3-8H,1-2,9-11H2,(H,18,19). The van der Waals surface area contributed by atoms with Crippen molar-refractivity contribution in [1.29, 1.82) is 0 Å². The van der Waals surface area contributed by atoms with Gasteiger partial charge in [-0.25, -0.2) is 4.79 Å². The zero-order valence-corrected chi connectivity index (χ0v) is 11.1. The first-order chi connectivity index (χ1) is 9.60. The van der Waals surface area contributed by atoms with Crippen LogP contribution in [0.15, 0.2) is 49.6 Å². The average Bonchev–Trinajstić information content (AvgIpc) is 2.44. The topological polar surface area (TPSA) is 66.8 Å². The van der Waals surface area contributed by atoms with Gasteiger partial charge in [0.15, 0.2) is 6.61 Å². The minimum atomic E-state index is -1.10. The molecule has 0 heterocycles. The van der Waals surface area contributed by atoms with Gasteiger partial charge in [0.2, 0.25) is 0 Å². The minimum absolute atomic E-state index is 0.0271. The van der Waals surface area contributed by atoms with Gasteiger partial charge < -0.3 is 14.7 Å². The third kappa shape index (κ3) is 4.28. The highest BCUT2D eigenvalue weighted by Gasteiger charge is 2.14. The van der Waals surface area contributed by atoms with Crippen LogP contribution < -0.4 is 4.74 Å². The predicted octanol–water partition coefficient (Wildman–Crippen LogP) is 1.96. The van der Waals surface area contributed by atoms with Gasteiger partial charge >= 0.3 is 5.97 Å². The number of aromatic carboxylic acids is 1. The molecule has 0 aromatic heterocycles. The number of carboxylic acid groups (broad SMARTS) is 1. The zero-order chi connectivity index (χ0) is 15.0. The average molecular weight is 275 g/mol. The number of carbonyl (C=O) groups excluding carboxylic acids is 1. The van der Waals surface area contributed by atoms with E-state index in [1.54, 1.807) is 24.3 Å². The van der Waals surface area contributed by atoms with E-state index in [1.807, 2.05) is 0 Å². The monoisotopic (exact) mass is 275 g/mol. The predicted molar refractivity (Wildman–Crippen MR) is 75.9 cm³/mol. The molecule has 1 amide bonds. The Kier molecular flexibility index (Phi) is 6.03. The number of nitrogens with zero attached hydrogens (tertiary/aromatic N) is 1. The van der Waals surface area contributed by atoms with Crippen LogP contribution in [0.25, 0.3) is 0 Å². The number of ether oxygens (including phenoxy) is 1.